The molecule has 5 heteroatoms. The van der Waals surface area contributed by atoms with E-state index in [1.54, 1.807) is 7.11 Å². The molecule has 2 aromatic carbocycles. The number of halogens is 1. The average Bonchev–Trinajstić information content (AvgIpc) is 2.65. The number of rotatable bonds is 5. The molecule has 1 saturated heterocycles. The first-order valence-corrected chi connectivity index (χ1v) is 8.96. The summed E-state index contributed by atoms with van der Waals surface area (Å²) in [6.45, 7) is 1.87. The fraction of sp³-hybridized carbons (Fsp3) is 0.350. The number of anilines is 1. The normalized spacial score (nSPS) is 15.0. The number of carbonyl (C=O) groups is 1. The van der Waals surface area contributed by atoms with E-state index in [4.69, 9.17) is 16.3 Å². The second-order valence-corrected chi connectivity index (χ2v) is 6.68. The second-order valence-electron chi connectivity index (χ2n) is 6.25. The summed E-state index contributed by atoms with van der Waals surface area (Å²) in [6.07, 6.45) is 2.28. The Bertz CT molecular complexity index is 695. The largest absolute Gasteiger partial charge is 0.497 e. The number of carbonyl (C=O) groups excluding carboxylic acids is 1. The number of nitrogens with zero attached hydrogens (tertiary/aromatic N) is 1. The molecule has 1 aliphatic heterocycles. The van der Waals surface area contributed by atoms with Gasteiger partial charge in [0.2, 0.25) is 5.91 Å². The van der Waals surface area contributed by atoms with E-state index in [0.717, 1.165) is 42.9 Å². The summed E-state index contributed by atoms with van der Waals surface area (Å²) in [5.41, 5.74) is 1.90. The maximum absolute atomic E-state index is 13.1. The van der Waals surface area contributed by atoms with Gasteiger partial charge in [0.05, 0.1) is 13.5 Å². The molecule has 0 aliphatic carbocycles. The molecule has 0 atom stereocenters. The molecule has 1 aliphatic rings. The number of amides is 1. The first-order valence-electron chi connectivity index (χ1n) is 8.58. The van der Waals surface area contributed by atoms with Crippen molar-refractivity contribution < 1.29 is 9.53 Å². The summed E-state index contributed by atoms with van der Waals surface area (Å²) in [7, 11) is 1.64. The van der Waals surface area contributed by atoms with Crippen LogP contribution < -0.4 is 15.0 Å². The molecule has 3 rings (SSSR count). The molecule has 2 aromatic rings. The lowest BCUT2D eigenvalue weighted by Gasteiger charge is -2.35. The maximum atomic E-state index is 13.1. The molecule has 1 heterocycles. The van der Waals surface area contributed by atoms with Crippen LogP contribution in [0.4, 0.5) is 5.69 Å². The number of hydrogen-bond donors (Lipinski definition) is 1. The van der Waals surface area contributed by atoms with Gasteiger partial charge in [-0.2, -0.15) is 0 Å². The standard InChI is InChI=1S/C20H23ClN2O2/c1-25-19-8-2-15(3-9-19)14-20(24)23(18-10-12-22-13-11-18)17-6-4-16(21)5-7-17/h2-9,18,22H,10-14H2,1H3. The number of methoxy groups -OCH3 is 1. The van der Waals surface area contributed by atoms with Crippen LogP contribution in [0.25, 0.3) is 0 Å². The van der Waals surface area contributed by atoms with E-state index in [1.807, 2.05) is 53.4 Å². The van der Waals surface area contributed by atoms with Crippen LogP contribution in [0.5, 0.6) is 5.75 Å². The molecule has 1 N–H and O–H groups in total. The highest BCUT2D eigenvalue weighted by Crippen LogP contribution is 2.25. The third kappa shape index (κ3) is 4.53. The minimum atomic E-state index is 0.111. The van der Waals surface area contributed by atoms with Crippen LogP contribution in [0, 0.1) is 0 Å². The van der Waals surface area contributed by atoms with Crippen LogP contribution >= 0.6 is 11.6 Å². The first kappa shape index (κ1) is 17.8. The predicted molar refractivity (Wildman–Crippen MR) is 102 cm³/mol. The monoisotopic (exact) mass is 358 g/mol. The van der Waals surface area contributed by atoms with E-state index >= 15 is 0 Å². The highest BCUT2D eigenvalue weighted by atomic mass is 35.5. The quantitative estimate of drug-likeness (QED) is 0.886. The van der Waals surface area contributed by atoms with Crippen LogP contribution in [0.15, 0.2) is 48.5 Å². The zero-order valence-corrected chi connectivity index (χ0v) is 15.1. The zero-order chi connectivity index (χ0) is 17.6. The van der Waals surface area contributed by atoms with Crippen LogP contribution in [-0.4, -0.2) is 32.1 Å². The van der Waals surface area contributed by atoms with E-state index in [2.05, 4.69) is 5.32 Å². The summed E-state index contributed by atoms with van der Waals surface area (Å²) < 4.78 is 5.18. The lowest BCUT2D eigenvalue weighted by Crippen LogP contribution is -2.47. The van der Waals surface area contributed by atoms with Crippen molar-refractivity contribution in [1.82, 2.24) is 5.32 Å². The van der Waals surface area contributed by atoms with Crippen molar-refractivity contribution in [2.24, 2.45) is 0 Å². The fourth-order valence-corrected chi connectivity index (χ4v) is 3.35. The third-order valence-electron chi connectivity index (χ3n) is 4.56. The van der Waals surface area contributed by atoms with Crippen LogP contribution in [0.2, 0.25) is 5.02 Å². The van der Waals surface area contributed by atoms with Crippen molar-refractivity contribution in [1.29, 1.82) is 0 Å². The molecule has 0 saturated carbocycles. The molecular formula is C20H23ClN2O2. The molecule has 0 radical (unpaired) electrons. The van der Waals surface area contributed by atoms with Crippen LogP contribution in [-0.2, 0) is 11.2 Å². The maximum Gasteiger partial charge on any atom is 0.231 e. The predicted octanol–water partition coefficient (Wildman–Crippen LogP) is 3.68. The first-order chi connectivity index (χ1) is 12.2. The number of benzene rings is 2. The van der Waals surface area contributed by atoms with Gasteiger partial charge in [-0.05, 0) is 67.9 Å². The van der Waals surface area contributed by atoms with Gasteiger partial charge in [-0.25, -0.2) is 0 Å². The van der Waals surface area contributed by atoms with E-state index in [0.29, 0.717) is 11.4 Å². The number of hydrogen-bond acceptors (Lipinski definition) is 3. The highest BCUT2D eigenvalue weighted by molar-refractivity contribution is 6.30. The number of nitrogens with one attached hydrogen (secondary N) is 1. The Balaban J connectivity index is 1.81. The Kier molecular flexibility index (Phi) is 5.95. The zero-order valence-electron chi connectivity index (χ0n) is 14.4. The van der Waals surface area contributed by atoms with Gasteiger partial charge in [-0.15, -0.1) is 0 Å². The van der Waals surface area contributed by atoms with Gasteiger partial charge in [0.15, 0.2) is 0 Å². The van der Waals surface area contributed by atoms with E-state index in [1.165, 1.54) is 0 Å². The second kappa shape index (κ2) is 8.37. The number of ether oxygens (including phenoxy) is 1. The molecule has 1 amide bonds. The Hall–Kier alpha value is -2.04. The average molecular weight is 359 g/mol. The van der Waals surface area contributed by atoms with Crippen molar-refractivity contribution in [2.75, 3.05) is 25.1 Å². The molecule has 0 bridgehead atoms. The Morgan fingerprint density at radius 1 is 1.12 bits per heavy atom. The van der Waals surface area contributed by atoms with Crippen molar-refractivity contribution in [2.45, 2.75) is 25.3 Å². The smallest absolute Gasteiger partial charge is 0.231 e. The lowest BCUT2D eigenvalue weighted by atomic mass is 10.0. The van der Waals surface area contributed by atoms with Crippen molar-refractivity contribution in [3.8, 4) is 5.75 Å². The highest BCUT2D eigenvalue weighted by Gasteiger charge is 2.26. The van der Waals surface area contributed by atoms with Gasteiger partial charge in [0.25, 0.3) is 0 Å². The van der Waals surface area contributed by atoms with Crippen LogP contribution in [0.3, 0.4) is 0 Å². The van der Waals surface area contributed by atoms with E-state index in [-0.39, 0.29) is 11.9 Å². The summed E-state index contributed by atoms with van der Waals surface area (Å²) in [5.74, 6) is 0.906. The van der Waals surface area contributed by atoms with Crippen molar-refractivity contribution >= 4 is 23.2 Å². The molecule has 0 aromatic heterocycles. The van der Waals surface area contributed by atoms with Gasteiger partial charge >= 0.3 is 0 Å². The van der Waals surface area contributed by atoms with E-state index in [9.17, 15) is 4.79 Å². The number of piperidine rings is 1. The van der Waals surface area contributed by atoms with Crippen molar-refractivity contribution in [3.63, 3.8) is 0 Å². The minimum absolute atomic E-state index is 0.111. The molecule has 132 valence electrons. The molecular weight excluding hydrogens is 336 g/mol. The minimum Gasteiger partial charge on any atom is -0.497 e. The van der Waals surface area contributed by atoms with Crippen molar-refractivity contribution in [3.05, 3.63) is 59.1 Å². The Morgan fingerprint density at radius 2 is 1.76 bits per heavy atom. The Labute approximate surface area is 153 Å². The SMILES string of the molecule is COc1ccc(CC(=O)N(c2ccc(Cl)cc2)C2CCNCC2)cc1. The third-order valence-corrected chi connectivity index (χ3v) is 4.81. The molecule has 1 fully saturated rings. The van der Waals surface area contributed by atoms with E-state index < -0.39 is 0 Å². The van der Waals surface area contributed by atoms with Gasteiger partial charge < -0.3 is 15.0 Å². The fourth-order valence-electron chi connectivity index (χ4n) is 3.23. The van der Waals surface area contributed by atoms with Gasteiger partial charge in [-0.1, -0.05) is 23.7 Å². The molecule has 0 spiro atoms. The van der Waals surface area contributed by atoms with Gasteiger partial charge in [0, 0.05) is 16.8 Å². The lowest BCUT2D eigenvalue weighted by molar-refractivity contribution is -0.118. The van der Waals surface area contributed by atoms with Crippen LogP contribution in [0.1, 0.15) is 18.4 Å². The van der Waals surface area contributed by atoms with Gasteiger partial charge in [0.1, 0.15) is 5.75 Å². The summed E-state index contributed by atoms with van der Waals surface area (Å²) in [6, 6.07) is 15.4. The molecule has 4 nitrogen and oxygen atoms in total. The molecule has 25 heavy (non-hydrogen) atoms. The topological polar surface area (TPSA) is 41.6 Å². The summed E-state index contributed by atoms with van der Waals surface area (Å²) in [4.78, 5) is 15.0. The van der Waals surface area contributed by atoms with Gasteiger partial charge in [-0.3, -0.25) is 4.79 Å². The summed E-state index contributed by atoms with van der Waals surface area (Å²) in [5, 5.41) is 4.04. The summed E-state index contributed by atoms with van der Waals surface area (Å²) >= 11 is 6.01. The Morgan fingerprint density at radius 3 is 2.36 bits per heavy atom. The molecule has 0 unspecified atom stereocenters.